The van der Waals surface area contributed by atoms with Crippen molar-refractivity contribution in [1.82, 2.24) is 4.98 Å². The molecule has 0 fully saturated rings. The molecule has 0 aliphatic rings. The minimum absolute atomic E-state index is 0.720. The van der Waals surface area contributed by atoms with Crippen LogP contribution in [-0.2, 0) is 5.60 Å². The summed E-state index contributed by atoms with van der Waals surface area (Å²) in [7, 11) is 0. The van der Waals surface area contributed by atoms with Crippen molar-refractivity contribution in [2.75, 3.05) is 0 Å². The van der Waals surface area contributed by atoms with E-state index in [9.17, 15) is 5.11 Å². The van der Waals surface area contributed by atoms with Crippen LogP contribution in [0.2, 0.25) is 0 Å². The molecular weight excluding hydrogens is 146 g/mol. The van der Waals surface area contributed by atoms with Gasteiger partial charge < -0.3 is 5.11 Å². The molecule has 0 saturated heterocycles. The second kappa shape index (κ2) is 2.32. The molecule has 2 nitrogen and oxygen atoms in total. The van der Waals surface area contributed by atoms with Gasteiger partial charge in [0.2, 0.25) is 0 Å². The van der Waals surface area contributed by atoms with Crippen LogP contribution in [-0.4, -0.2) is 10.1 Å². The lowest BCUT2D eigenvalue weighted by Crippen LogP contribution is -2.14. The fourth-order valence-electron chi connectivity index (χ4n) is 0.590. The van der Waals surface area contributed by atoms with E-state index in [0.29, 0.717) is 0 Å². The third-order valence-electron chi connectivity index (χ3n) is 1.08. The standard InChI is InChI=1S/C7H10NOS/c1-5-4-8-6(10-5)7(2,3)9/h4,9H,1H2,2-3H3. The maximum absolute atomic E-state index is 9.42. The first-order valence-corrected chi connectivity index (χ1v) is 3.82. The van der Waals surface area contributed by atoms with E-state index >= 15 is 0 Å². The smallest absolute Gasteiger partial charge is 0.124 e. The van der Waals surface area contributed by atoms with Crippen LogP contribution in [0.1, 0.15) is 23.7 Å². The van der Waals surface area contributed by atoms with E-state index in [1.165, 1.54) is 11.3 Å². The van der Waals surface area contributed by atoms with Crippen molar-refractivity contribution in [3.8, 4) is 0 Å². The first-order valence-electron chi connectivity index (χ1n) is 3.01. The van der Waals surface area contributed by atoms with Gasteiger partial charge in [0.1, 0.15) is 10.6 Å². The molecule has 0 spiro atoms. The van der Waals surface area contributed by atoms with Gasteiger partial charge in [-0.15, -0.1) is 11.3 Å². The Hall–Kier alpha value is -0.410. The number of hydrogen-bond donors (Lipinski definition) is 1. The zero-order chi connectivity index (χ0) is 7.78. The van der Waals surface area contributed by atoms with Gasteiger partial charge in [-0.3, -0.25) is 0 Å². The molecule has 0 aliphatic carbocycles. The molecule has 3 heteroatoms. The van der Waals surface area contributed by atoms with Crippen LogP contribution in [0.25, 0.3) is 0 Å². The number of rotatable bonds is 1. The molecule has 1 heterocycles. The van der Waals surface area contributed by atoms with Crippen LogP contribution in [0.4, 0.5) is 0 Å². The van der Waals surface area contributed by atoms with E-state index in [1.54, 1.807) is 20.0 Å². The van der Waals surface area contributed by atoms with Gasteiger partial charge in [-0.25, -0.2) is 4.98 Å². The van der Waals surface area contributed by atoms with E-state index in [2.05, 4.69) is 11.9 Å². The fourth-order valence-corrected chi connectivity index (χ4v) is 1.30. The summed E-state index contributed by atoms with van der Waals surface area (Å²) in [6.45, 7) is 7.13. The highest BCUT2D eigenvalue weighted by molar-refractivity contribution is 7.11. The number of nitrogens with zero attached hydrogens (tertiary/aromatic N) is 1. The molecule has 0 unspecified atom stereocenters. The zero-order valence-corrected chi connectivity index (χ0v) is 6.90. The molecule has 1 N–H and O–H groups in total. The molecule has 1 aromatic heterocycles. The lowest BCUT2D eigenvalue weighted by atomic mass is 10.2. The van der Waals surface area contributed by atoms with Crippen LogP contribution in [0.3, 0.4) is 0 Å². The molecular formula is C7H10NOS. The van der Waals surface area contributed by atoms with Crippen LogP contribution in [0.5, 0.6) is 0 Å². The molecule has 1 rings (SSSR count). The fraction of sp³-hybridized carbons (Fsp3) is 0.429. The van der Waals surface area contributed by atoms with Gasteiger partial charge in [0, 0.05) is 11.1 Å². The highest BCUT2D eigenvalue weighted by Crippen LogP contribution is 2.23. The molecule has 0 saturated carbocycles. The van der Waals surface area contributed by atoms with Crippen molar-refractivity contribution in [3.05, 3.63) is 23.0 Å². The SMILES string of the molecule is [CH2]c1cnc(C(C)(C)O)s1. The molecule has 0 amide bonds. The first kappa shape index (κ1) is 7.69. The van der Waals surface area contributed by atoms with E-state index in [4.69, 9.17) is 0 Å². The van der Waals surface area contributed by atoms with Gasteiger partial charge in [-0.2, -0.15) is 0 Å². The summed E-state index contributed by atoms with van der Waals surface area (Å²) in [4.78, 5) is 4.88. The van der Waals surface area contributed by atoms with Crippen molar-refractivity contribution in [1.29, 1.82) is 0 Å². The normalized spacial score (nSPS) is 12.0. The third kappa shape index (κ3) is 1.55. The summed E-state index contributed by atoms with van der Waals surface area (Å²) in [5, 5.41) is 10.1. The van der Waals surface area contributed by atoms with Gasteiger partial charge in [0.05, 0.1) is 0 Å². The van der Waals surface area contributed by atoms with Crippen LogP contribution < -0.4 is 0 Å². The zero-order valence-electron chi connectivity index (χ0n) is 6.09. The quantitative estimate of drug-likeness (QED) is 0.669. The highest BCUT2D eigenvalue weighted by Gasteiger charge is 2.18. The maximum atomic E-state index is 9.42. The molecule has 1 radical (unpaired) electrons. The Morgan fingerprint density at radius 3 is 2.50 bits per heavy atom. The van der Waals surface area contributed by atoms with E-state index in [-0.39, 0.29) is 0 Å². The summed E-state index contributed by atoms with van der Waals surface area (Å²) < 4.78 is 0. The Morgan fingerprint density at radius 2 is 2.30 bits per heavy atom. The van der Waals surface area contributed by atoms with E-state index in [0.717, 1.165) is 9.88 Å². The third-order valence-corrected chi connectivity index (χ3v) is 2.24. The molecule has 0 bridgehead atoms. The molecule has 0 atom stereocenters. The first-order chi connectivity index (χ1) is 4.50. The molecule has 10 heavy (non-hydrogen) atoms. The van der Waals surface area contributed by atoms with Crippen LogP contribution >= 0.6 is 11.3 Å². The van der Waals surface area contributed by atoms with Gasteiger partial charge in [-0.05, 0) is 20.8 Å². The Kier molecular flexibility index (Phi) is 1.79. The minimum Gasteiger partial charge on any atom is -0.383 e. The Balaban J connectivity index is 2.96. The monoisotopic (exact) mass is 156 g/mol. The minimum atomic E-state index is -0.819. The number of thiazole rings is 1. The molecule has 1 aromatic rings. The summed E-state index contributed by atoms with van der Waals surface area (Å²) in [6.07, 6.45) is 1.66. The van der Waals surface area contributed by atoms with Crippen molar-refractivity contribution < 1.29 is 5.11 Å². The summed E-state index contributed by atoms with van der Waals surface area (Å²) in [6, 6.07) is 0. The Morgan fingerprint density at radius 1 is 1.70 bits per heavy atom. The second-order valence-corrected chi connectivity index (χ2v) is 3.81. The Bertz CT molecular complexity index is 224. The van der Waals surface area contributed by atoms with Crippen molar-refractivity contribution >= 4 is 11.3 Å². The van der Waals surface area contributed by atoms with E-state index in [1.807, 2.05) is 0 Å². The maximum Gasteiger partial charge on any atom is 0.124 e. The highest BCUT2D eigenvalue weighted by atomic mass is 32.1. The van der Waals surface area contributed by atoms with Gasteiger partial charge in [-0.1, -0.05) is 0 Å². The molecule has 0 aromatic carbocycles. The van der Waals surface area contributed by atoms with E-state index < -0.39 is 5.60 Å². The largest absolute Gasteiger partial charge is 0.383 e. The van der Waals surface area contributed by atoms with Gasteiger partial charge >= 0.3 is 0 Å². The average Bonchev–Trinajstić information content (AvgIpc) is 2.11. The number of hydrogen-bond acceptors (Lipinski definition) is 3. The summed E-state index contributed by atoms with van der Waals surface area (Å²) in [5.41, 5.74) is -0.819. The van der Waals surface area contributed by atoms with Crippen LogP contribution in [0, 0.1) is 6.92 Å². The number of aliphatic hydroxyl groups is 1. The second-order valence-electron chi connectivity index (χ2n) is 2.69. The lowest BCUT2D eigenvalue weighted by molar-refractivity contribution is 0.0783. The lowest BCUT2D eigenvalue weighted by Gasteiger charge is -2.11. The van der Waals surface area contributed by atoms with Crippen molar-refractivity contribution in [2.45, 2.75) is 19.4 Å². The van der Waals surface area contributed by atoms with Crippen molar-refractivity contribution in [3.63, 3.8) is 0 Å². The predicted molar refractivity (Wildman–Crippen MR) is 41.8 cm³/mol. The molecule has 0 aliphatic heterocycles. The number of aromatic nitrogens is 1. The molecule has 55 valence electrons. The topological polar surface area (TPSA) is 33.1 Å². The van der Waals surface area contributed by atoms with Crippen molar-refractivity contribution in [2.24, 2.45) is 0 Å². The predicted octanol–water partition coefficient (Wildman–Crippen LogP) is 1.55. The van der Waals surface area contributed by atoms with Gasteiger partial charge in [0.25, 0.3) is 0 Å². The summed E-state index contributed by atoms with van der Waals surface area (Å²) in [5.74, 6) is 0. The van der Waals surface area contributed by atoms with Crippen LogP contribution in [0.15, 0.2) is 6.20 Å². The average molecular weight is 156 g/mol. The Labute approximate surface area is 64.5 Å². The van der Waals surface area contributed by atoms with Gasteiger partial charge in [0.15, 0.2) is 0 Å². The summed E-state index contributed by atoms with van der Waals surface area (Å²) >= 11 is 1.42.